The molecule has 2 aliphatic rings. The molecular formula is C20H21F6N5O. The highest BCUT2D eigenvalue weighted by Gasteiger charge is 2.54. The van der Waals surface area contributed by atoms with Gasteiger partial charge in [-0.3, -0.25) is 9.48 Å². The Kier molecular flexibility index (Phi) is 5.36. The summed E-state index contributed by atoms with van der Waals surface area (Å²) in [5.74, 6) is -0.253. The Balaban J connectivity index is 1.44. The lowest BCUT2D eigenvalue weighted by atomic mass is 9.85. The molecule has 3 heterocycles. The first kappa shape index (κ1) is 22.4. The van der Waals surface area contributed by atoms with Gasteiger partial charge in [-0.25, -0.2) is 4.98 Å². The van der Waals surface area contributed by atoms with Crippen molar-refractivity contribution in [3.05, 3.63) is 41.5 Å². The van der Waals surface area contributed by atoms with Crippen molar-refractivity contribution >= 4 is 11.6 Å². The van der Waals surface area contributed by atoms with E-state index in [2.05, 4.69) is 15.4 Å². The summed E-state index contributed by atoms with van der Waals surface area (Å²) in [5.41, 5.74) is -3.29. The molecule has 0 bridgehead atoms. The number of halogens is 6. The first-order valence-corrected chi connectivity index (χ1v) is 10.2. The zero-order chi connectivity index (χ0) is 23.3. The van der Waals surface area contributed by atoms with E-state index < -0.39 is 29.3 Å². The molecule has 2 aromatic rings. The third-order valence-corrected chi connectivity index (χ3v) is 6.12. The van der Waals surface area contributed by atoms with Crippen LogP contribution in [0.4, 0.5) is 32.0 Å². The average Bonchev–Trinajstić information content (AvgIpc) is 3.19. The number of aromatic nitrogens is 3. The number of amides is 1. The summed E-state index contributed by atoms with van der Waals surface area (Å²) in [6, 6.07) is 2.84. The van der Waals surface area contributed by atoms with Crippen LogP contribution in [0.5, 0.6) is 0 Å². The lowest BCUT2D eigenvalue weighted by Gasteiger charge is -2.30. The molecule has 1 N–H and O–H groups in total. The SMILES string of the molecule is CCn1nccc1C(=O)N[C@H]1CC[C@@]2(CC1)CN2c1cc(C(F)(F)F)nc(C(F)(F)F)c1. The van der Waals surface area contributed by atoms with E-state index in [1.807, 2.05) is 6.92 Å². The van der Waals surface area contributed by atoms with Gasteiger partial charge in [0, 0.05) is 31.0 Å². The second-order valence-electron chi connectivity index (χ2n) is 8.18. The lowest BCUT2D eigenvalue weighted by Crippen LogP contribution is -2.41. The number of hydrogen-bond acceptors (Lipinski definition) is 4. The lowest BCUT2D eigenvalue weighted by molar-refractivity contribution is -0.150. The van der Waals surface area contributed by atoms with Crippen molar-refractivity contribution in [3.8, 4) is 0 Å². The molecule has 2 aromatic heterocycles. The van der Waals surface area contributed by atoms with Gasteiger partial charge >= 0.3 is 12.4 Å². The van der Waals surface area contributed by atoms with Crippen LogP contribution in [0.25, 0.3) is 0 Å². The number of anilines is 1. The van der Waals surface area contributed by atoms with Crippen LogP contribution in [0.2, 0.25) is 0 Å². The van der Waals surface area contributed by atoms with Crippen molar-refractivity contribution in [1.29, 1.82) is 0 Å². The number of nitrogens with one attached hydrogen (secondary N) is 1. The number of pyridine rings is 1. The Morgan fingerprint density at radius 1 is 1.12 bits per heavy atom. The van der Waals surface area contributed by atoms with E-state index in [-0.39, 0.29) is 17.6 Å². The first-order chi connectivity index (χ1) is 14.9. The van der Waals surface area contributed by atoms with Gasteiger partial charge in [-0.15, -0.1) is 0 Å². The summed E-state index contributed by atoms with van der Waals surface area (Å²) in [6.45, 7) is 2.78. The highest BCUT2D eigenvalue weighted by atomic mass is 19.4. The zero-order valence-corrected chi connectivity index (χ0v) is 17.1. The van der Waals surface area contributed by atoms with Crippen LogP contribution in [-0.2, 0) is 18.9 Å². The van der Waals surface area contributed by atoms with Crippen LogP contribution in [0.1, 0.15) is 54.5 Å². The summed E-state index contributed by atoms with van der Waals surface area (Å²) in [6.07, 6.45) is -6.17. The maximum Gasteiger partial charge on any atom is 0.433 e. The summed E-state index contributed by atoms with van der Waals surface area (Å²) in [5, 5.41) is 7.01. The predicted molar refractivity (Wildman–Crippen MR) is 102 cm³/mol. The highest BCUT2D eigenvalue weighted by molar-refractivity contribution is 5.92. The molecule has 32 heavy (non-hydrogen) atoms. The average molecular weight is 461 g/mol. The molecule has 6 nitrogen and oxygen atoms in total. The van der Waals surface area contributed by atoms with Gasteiger partial charge in [-0.05, 0) is 50.8 Å². The largest absolute Gasteiger partial charge is 0.433 e. The van der Waals surface area contributed by atoms with E-state index in [1.165, 1.54) is 6.20 Å². The topological polar surface area (TPSA) is 62.8 Å². The van der Waals surface area contributed by atoms with Crippen LogP contribution in [-0.4, -0.2) is 38.8 Å². The molecule has 2 fully saturated rings. The van der Waals surface area contributed by atoms with Gasteiger partial charge in [-0.1, -0.05) is 0 Å². The van der Waals surface area contributed by atoms with Gasteiger partial charge in [0.15, 0.2) is 0 Å². The molecule has 1 saturated carbocycles. The van der Waals surface area contributed by atoms with E-state index in [1.54, 1.807) is 15.6 Å². The van der Waals surface area contributed by atoms with Crippen LogP contribution in [0.15, 0.2) is 24.4 Å². The molecule has 174 valence electrons. The van der Waals surface area contributed by atoms with E-state index in [4.69, 9.17) is 0 Å². The molecular weight excluding hydrogens is 440 g/mol. The second kappa shape index (κ2) is 7.66. The fourth-order valence-electron chi connectivity index (χ4n) is 4.35. The maximum absolute atomic E-state index is 13.1. The molecule has 0 unspecified atom stereocenters. The summed E-state index contributed by atoms with van der Waals surface area (Å²) in [4.78, 5) is 16.8. The standard InChI is InChI=1S/C20H21F6N5O/c1-2-31-14(5-8-27-31)17(32)28-12-3-6-18(7-4-12)11-30(18)13-9-15(19(21,22)23)29-16(10-13)20(24,25)26/h5,8-10,12H,2-4,6-7,11H2,1H3,(H,28,32)/t12-,18+,30?. The molecule has 0 radical (unpaired) electrons. The Hall–Kier alpha value is -2.79. The van der Waals surface area contributed by atoms with Crippen molar-refractivity contribution in [3.63, 3.8) is 0 Å². The number of rotatable bonds is 4. The second-order valence-corrected chi connectivity index (χ2v) is 8.18. The normalized spacial score (nSPS) is 23.5. The quantitative estimate of drug-likeness (QED) is 0.546. The highest BCUT2D eigenvalue weighted by Crippen LogP contribution is 2.49. The molecule has 1 aliphatic carbocycles. The van der Waals surface area contributed by atoms with E-state index >= 15 is 0 Å². The van der Waals surface area contributed by atoms with E-state index in [0.717, 1.165) is 0 Å². The number of alkyl halides is 6. The van der Waals surface area contributed by atoms with Crippen molar-refractivity contribution < 1.29 is 31.1 Å². The van der Waals surface area contributed by atoms with Gasteiger partial charge in [0.2, 0.25) is 0 Å². The predicted octanol–water partition coefficient (Wildman–Crippen LogP) is 4.27. The van der Waals surface area contributed by atoms with E-state index in [9.17, 15) is 31.1 Å². The monoisotopic (exact) mass is 461 g/mol. The Morgan fingerprint density at radius 2 is 1.72 bits per heavy atom. The van der Waals surface area contributed by atoms with E-state index in [0.29, 0.717) is 56.6 Å². The Labute approximate surface area is 179 Å². The number of aryl methyl sites for hydroxylation is 1. The molecule has 0 aromatic carbocycles. The van der Waals surface area contributed by atoms with Crippen LogP contribution in [0, 0.1) is 0 Å². The molecule has 1 saturated heterocycles. The Morgan fingerprint density at radius 3 is 2.25 bits per heavy atom. The fourth-order valence-corrected chi connectivity index (χ4v) is 4.35. The number of hydrogen-bond donors (Lipinski definition) is 1. The summed E-state index contributed by atoms with van der Waals surface area (Å²) < 4.78 is 80.2. The molecule has 0 atom stereocenters. The van der Waals surface area contributed by atoms with Gasteiger partial charge in [0.05, 0.1) is 5.54 Å². The minimum Gasteiger partial charge on any atom is -0.362 e. The number of carbonyl (C=O) groups excluding carboxylic acids is 1. The van der Waals surface area contributed by atoms with Gasteiger partial charge in [-0.2, -0.15) is 31.4 Å². The van der Waals surface area contributed by atoms with Crippen LogP contribution < -0.4 is 10.2 Å². The minimum atomic E-state index is -4.98. The molecule has 1 aliphatic heterocycles. The van der Waals surface area contributed by atoms with Crippen LogP contribution >= 0.6 is 0 Å². The molecule has 4 rings (SSSR count). The fraction of sp³-hybridized carbons (Fsp3) is 0.550. The third kappa shape index (κ3) is 4.26. The summed E-state index contributed by atoms with van der Waals surface area (Å²) in [7, 11) is 0. The first-order valence-electron chi connectivity index (χ1n) is 10.2. The van der Waals surface area contributed by atoms with Crippen molar-refractivity contribution in [1.82, 2.24) is 20.1 Å². The van der Waals surface area contributed by atoms with Crippen molar-refractivity contribution in [2.24, 2.45) is 0 Å². The third-order valence-electron chi connectivity index (χ3n) is 6.12. The smallest absolute Gasteiger partial charge is 0.362 e. The Bertz CT molecular complexity index is 974. The van der Waals surface area contributed by atoms with Crippen molar-refractivity contribution in [2.45, 2.75) is 63.1 Å². The van der Waals surface area contributed by atoms with Gasteiger partial charge in [0.1, 0.15) is 17.1 Å². The van der Waals surface area contributed by atoms with Gasteiger partial charge in [0.25, 0.3) is 5.91 Å². The molecule has 1 spiro atoms. The number of nitrogens with zero attached hydrogens (tertiary/aromatic N) is 4. The van der Waals surface area contributed by atoms with Crippen LogP contribution in [0.3, 0.4) is 0 Å². The minimum absolute atomic E-state index is 0.121. The maximum atomic E-state index is 13.1. The summed E-state index contributed by atoms with van der Waals surface area (Å²) >= 11 is 0. The zero-order valence-electron chi connectivity index (χ0n) is 17.1. The molecule has 1 amide bonds. The van der Waals surface area contributed by atoms with Gasteiger partial charge < -0.3 is 10.2 Å². The van der Waals surface area contributed by atoms with Crippen molar-refractivity contribution in [2.75, 3.05) is 11.4 Å². The molecule has 12 heteroatoms. The number of carbonyl (C=O) groups is 1.